The summed E-state index contributed by atoms with van der Waals surface area (Å²) in [5.41, 5.74) is 10.1. The van der Waals surface area contributed by atoms with E-state index in [9.17, 15) is 33.8 Å². The van der Waals surface area contributed by atoms with Crippen LogP contribution < -0.4 is 0 Å². The third-order valence-electron chi connectivity index (χ3n) is 20.7. The molecular weight excluding hydrogens is 1080 g/mol. The van der Waals surface area contributed by atoms with Crippen molar-refractivity contribution < 1.29 is 18.0 Å². The van der Waals surface area contributed by atoms with E-state index in [1.165, 1.54) is 6.42 Å². The molecule has 11 nitrogen and oxygen atoms in total. The van der Waals surface area contributed by atoms with Gasteiger partial charge in [0.2, 0.25) is 5.91 Å². The van der Waals surface area contributed by atoms with E-state index in [4.69, 9.17) is 0 Å². The van der Waals surface area contributed by atoms with Crippen molar-refractivity contribution >= 4 is 39.8 Å². The molecule has 2 aliphatic heterocycles. The highest BCUT2D eigenvalue weighted by molar-refractivity contribution is 7.91. The molecule has 6 aromatic rings. The fourth-order valence-corrected chi connectivity index (χ4v) is 17.6. The van der Waals surface area contributed by atoms with E-state index in [0.29, 0.717) is 117 Å². The molecule has 440 valence electrons. The fourth-order valence-electron chi connectivity index (χ4n) is 15.3. The molecule has 0 bridgehead atoms. The van der Waals surface area contributed by atoms with Gasteiger partial charge in [-0.2, -0.15) is 15.8 Å². The van der Waals surface area contributed by atoms with Crippen LogP contribution in [0.25, 0.3) is 51.6 Å². The molecule has 12 rings (SSSR count). The zero-order chi connectivity index (χ0) is 60.8. The number of amides is 1. The summed E-state index contributed by atoms with van der Waals surface area (Å²) in [6.07, 6.45) is 23.9. The number of carbonyl (C=O) groups is 2. The lowest BCUT2D eigenvalue weighted by Gasteiger charge is -2.42. The first kappa shape index (κ1) is 61.0. The smallest absolute Gasteiger partial charge is 0.222 e. The lowest BCUT2D eigenvalue weighted by Crippen LogP contribution is -2.43. The Bertz CT molecular complexity index is 3760. The maximum atomic E-state index is 12.3. The molecule has 2 saturated heterocycles. The molecule has 0 spiro atoms. The van der Waals surface area contributed by atoms with Crippen LogP contribution in [0.5, 0.6) is 0 Å². The third-order valence-corrected chi connectivity index (χ3v) is 22.6. The number of sulfone groups is 1. The predicted molar refractivity (Wildman–Crippen MR) is 341 cm³/mol. The number of hydrogen-bond donors (Lipinski definition) is 0. The van der Waals surface area contributed by atoms with E-state index < -0.39 is 9.84 Å². The number of fused-ring (bicyclic) bond motifs is 3. The first-order valence-corrected chi connectivity index (χ1v) is 32.6. The Morgan fingerprint density at radius 2 is 0.872 bits per heavy atom. The average molecular weight is 1160 g/mol. The summed E-state index contributed by atoms with van der Waals surface area (Å²) in [7, 11) is -0.956. The second-order valence-corrected chi connectivity index (χ2v) is 27.9. The Kier molecular flexibility index (Phi) is 18.9. The number of hydrogen-bond acceptors (Lipinski definition) is 10. The summed E-state index contributed by atoms with van der Waals surface area (Å²) >= 11 is 0. The molecule has 6 aliphatic rings. The monoisotopic (exact) mass is 1160 g/mol. The van der Waals surface area contributed by atoms with E-state index in [-0.39, 0.29) is 17.7 Å². The Labute approximate surface area is 509 Å². The van der Waals surface area contributed by atoms with Crippen molar-refractivity contribution in [2.75, 3.05) is 18.6 Å². The number of pyridine rings is 3. The number of Topliss-reactive ketones (excluding diaryl/α,β-unsaturated/α-hetero) is 1. The largest absolute Gasteiger partial charge is 0.342 e. The molecule has 15 atom stereocenters. The van der Waals surface area contributed by atoms with Gasteiger partial charge in [-0.15, -0.1) is 0 Å². The highest BCUT2D eigenvalue weighted by atomic mass is 32.2. The van der Waals surface area contributed by atoms with Crippen LogP contribution in [0.3, 0.4) is 0 Å². The number of nitrogens with zero attached hydrogens (tertiary/aromatic N) is 7. The van der Waals surface area contributed by atoms with Crippen LogP contribution in [-0.4, -0.2) is 64.6 Å². The van der Waals surface area contributed by atoms with Crippen molar-refractivity contribution in [3.8, 4) is 51.6 Å². The number of ketones is 1. The Morgan fingerprint density at radius 1 is 0.477 bits per heavy atom. The molecule has 6 fully saturated rings. The lowest BCUT2D eigenvalue weighted by molar-refractivity contribution is -0.127. The summed E-state index contributed by atoms with van der Waals surface area (Å²) in [5, 5.41) is 27.9. The predicted octanol–water partition coefficient (Wildman–Crippen LogP) is 14.9. The van der Waals surface area contributed by atoms with E-state index >= 15 is 0 Å². The topological polar surface area (TPSA) is 182 Å². The fraction of sp³-hybridized carbons (Fsp3) is 0.405. The summed E-state index contributed by atoms with van der Waals surface area (Å²) in [6, 6.07) is 41.7. The van der Waals surface area contributed by atoms with Gasteiger partial charge in [0.25, 0.3) is 0 Å². The van der Waals surface area contributed by atoms with Crippen LogP contribution in [0, 0.1) is 117 Å². The Balaban J connectivity index is 0.000000143. The molecule has 4 aliphatic carbocycles. The number of benzene rings is 3. The third kappa shape index (κ3) is 13.5. The van der Waals surface area contributed by atoms with Gasteiger partial charge in [-0.1, -0.05) is 133 Å². The van der Waals surface area contributed by atoms with E-state index in [2.05, 4.69) is 105 Å². The van der Waals surface area contributed by atoms with Crippen molar-refractivity contribution in [1.82, 2.24) is 19.9 Å². The minimum Gasteiger partial charge on any atom is -0.342 e. The number of likely N-dealkylation sites (tertiary alicyclic amines) is 1. The van der Waals surface area contributed by atoms with Gasteiger partial charge in [0.05, 0.1) is 63.5 Å². The molecule has 3 aromatic carbocycles. The first-order valence-electron chi connectivity index (χ1n) is 30.8. The quantitative estimate of drug-likeness (QED) is 0.135. The lowest BCUT2D eigenvalue weighted by atomic mass is 9.64. The summed E-state index contributed by atoms with van der Waals surface area (Å²) in [4.78, 5) is 40.0. The van der Waals surface area contributed by atoms with Crippen LogP contribution in [0.2, 0.25) is 0 Å². The van der Waals surface area contributed by atoms with Crippen LogP contribution in [0.1, 0.15) is 114 Å². The van der Waals surface area contributed by atoms with Gasteiger partial charge in [-0.25, -0.2) is 8.42 Å². The Hall–Kier alpha value is -8.11. The van der Waals surface area contributed by atoms with Crippen LogP contribution in [-0.2, 0) is 19.4 Å². The molecule has 3 aromatic heterocycles. The second kappa shape index (κ2) is 26.7. The van der Waals surface area contributed by atoms with E-state index in [1.807, 2.05) is 134 Å². The second-order valence-electron chi connectivity index (χ2n) is 25.7. The van der Waals surface area contributed by atoms with Gasteiger partial charge < -0.3 is 4.90 Å². The molecule has 86 heavy (non-hydrogen) atoms. The molecule has 0 radical (unpaired) electrons. The van der Waals surface area contributed by atoms with Gasteiger partial charge in [0.1, 0.15) is 5.78 Å². The average Bonchev–Trinajstić information content (AvgIpc) is 3.74. The minimum absolute atomic E-state index is 0.226. The number of aromatic nitrogens is 3. The maximum absolute atomic E-state index is 12.3. The van der Waals surface area contributed by atoms with Gasteiger partial charge >= 0.3 is 0 Å². The SMILES string of the molecule is C[C@H]1[C@H](/C=C/c2ccc(-c3ccccc3C#N)cn2)[C@H]2CC(=O)C[C@H]2C[C@@H]1C.C[C@H]1[C@H](/C=C/c2ccc(-c3ccccc3C#N)cn2)[C@H]2CC(=O)N(C)[C@H]2C[C@@H]1C.C[C@H]1[C@H](/C=C/c2ccc(-c3ccccc3C#N)cn2)[C@H]2CS(=O)(=O)C[C@H]2C[C@@H]1C. The number of rotatable bonds is 9. The van der Waals surface area contributed by atoms with Gasteiger partial charge in [0, 0.05) is 84.3 Å². The van der Waals surface area contributed by atoms with E-state index in [1.54, 1.807) is 12.3 Å². The zero-order valence-electron chi connectivity index (χ0n) is 50.6. The molecule has 1 amide bonds. The first-order chi connectivity index (χ1) is 41.4. The molecule has 0 N–H and O–H groups in total. The normalized spacial score (nSPS) is 29.8. The van der Waals surface area contributed by atoms with Crippen LogP contribution in [0.4, 0.5) is 0 Å². The Morgan fingerprint density at radius 3 is 1.29 bits per heavy atom. The van der Waals surface area contributed by atoms with Crippen molar-refractivity contribution in [2.45, 2.75) is 86.1 Å². The zero-order valence-corrected chi connectivity index (χ0v) is 51.4. The molecular formula is C74H79N7O4S. The molecule has 12 heteroatoms. The minimum atomic E-state index is -2.91. The van der Waals surface area contributed by atoms with Crippen molar-refractivity contribution in [1.29, 1.82) is 15.8 Å². The number of nitriles is 3. The van der Waals surface area contributed by atoms with Crippen LogP contribution in [0.15, 0.2) is 146 Å². The van der Waals surface area contributed by atoms with Crippen molar-refractivity contribution in [3.63, 3.8) is 0 Å². The van der Waals surface area contributed by atoms with Gasteiger partial charge in [-0.3, -0.25) is 24.5 Å². The van der Waals surface area contributed by atoms with Crippen molar-refractivity contribution in [3.05, 3.63) is 180 Å². The summed E-state index contributed by atoms with van der Waals surface area (Å²) < 4.78 is 24.4. The number of carbonyl (C=O) groups excluding carboxylic acids is 2. The summed E-state index contributed by atoms with van der Waals surface area (Å²) in [6.45, 7) is 13.8. The highest BCUT2D eigenvalue weighted by Gasteiger charge is 2.49. The van der Waals surface area contributed by atoms with E-state index in [0.717, 1.165) is 76.1 Å². The van der Waals surface area contributed by atoms with Gasteiger partial charge in [0.15, 0.2) is 9.84 Å². The van der Waals surface area contributed by atoms with Crippen molar-refractivity contribution in [2.24, 2.45) is 82.9 Å². The standard InChI is InChI=1S/C25H27N3O.C25H26N2O.C24H26N2O2S/c1-16-12-24-23(13-25(29)28(24)3)21(17(16)2)11-10-20-9-8-19(15-27-20)22-7-5-4-6-18(22)14-26;1-16-11-20-12-22(28)13-25(20)23(17(16)2)10-9-21-8-7-19(15-27-21)24-6-4-3-5-18(24)14-26;1-16-11-20-14-29(27,28)15-24(20)22(17(16)2)10-9-21-8-7-19(13-26-21)23-6-4-3-5-18(23)12-25/h4-11,15-17,21,23-24H,12-13H2,1-3H3;3-10,15-17,20,23,25H,11-13H2,1-2H3;3-10,13,16-17,20,22,24H,11,14-15H2,1-2H3/b11-10+;2*10-9+/t16-,17+,21-,23+,24-;16-,17+,20+,23-,25-;16-,17+,20+,22-,24-/m000/s1. The molecule has 4 saturated carbocycles. The maximum Gasteiger partial charge on any atom is 0.222 e. The van der Waals surface area contributed by atoms with Crippen LogP contribution >= 0.6 is 0 Å². The highest BCUT2D eigenvalue weighted by Crippen LogP contribution is 2.51. The molecule has 0 unspecified atom stereocenters. The number of allylic oxidation sites excluding steroid dienone is 3. The summed E-state index contributed by atoms with van der Waals surface area (Å²) in [5.74, 6) is 7.83. The van der Waals surface area contributed by atoms with Gasteiger partial charge in [-0.05, 0) is 157 Å². The molecule has 5 heterocycles.